The first-order chi connectivity index (χ1) is 17.9. The SMILES string of the molecule is Cc1ccc(NC(=O)C2CCCCN2)cc1C(=O)N[C@H](C)c1cc(-c2cnn(C)c2)cc2ccccc12. The van der Waals surface area contributed by atoms with Gasteiger partial charge >= 0.3 is 0 Å². The first-order valence-electron chi connectivity index (χ1n) is 12.9. The molecule has 37 heavy (non-hydrogen) atoms. The summed E-state index contributed by atoms with van der Waals surface area (Å²) in [6, 6.07) is 17.6. The van der Waals surface area contributed by atoms with Gasteiger partial charge in [-0.3, -0.25) is 14.3 Å². The first kappa shape index (κ1) is 24.7. The van der Waals surface area contributed by atoms with Gasteiger partial charge in [0.05, 0.1) is 18.3 Å². The summed E-state index contributed by atoms with van der Waals surface area (Å²) in [7, 11) is 1.90. The zero-order valence-corrected chi connectivity index (χ0v) is 21.5. The Hall–Kier alpha value is -3.97. The molecule has 1 fully saturated rings. The highest BCUT2D eigenvalue weighted by atomic mass is 16.2. The smallest absolute Gasteiger partial charge is 0.252 e. The van der Waals surface area contributed by atoms with Crippen molar-refractivity contribution < 1.29 is 9.59 Å². The minimum atomic E-state index is -0.238. The van der Waals surface area contributed by atoms with Crippen molar-refractivity contribution in [1.82, 2.24) is 20.4 Å². The Bertz CT molecular complexity index is 1450. The highest BCUT2D eigenvalue weighted by molar-refractivity contribution is 6.00. The van der Waals surface area contributed by atoms with E-state index in [-0.39, 0.29) is 23.9 Å². The molecule has 2 heterocycles. The average molecular weight is 496 g/mol. The van der Waals surface area contributed by atoms with E-state index < -0.39 is 0 Å². The van der Waals surface area contributed by atoms with Crippen molar-refractivity contribution in [2.24, 2.45) is 7.05 Å². The Balaban J connectivity index is 1.39. The molecule has 1 saturated heterocycles. The van der Waals surface area contributed by atoms with Crippen LogP contribution in [0, 0.1) is 6.92 Å². The summed E-state index contributed by atoms with van der Waals surface area (Å²) in [5, 5.41) is 16.0. The van der Waals surface area contributed by atoms with E-state index in [1.54, 1.807) is 10.7 Å². The summed E-state index contributed by atoms with van der Waals surface area (Å²) in [5.41, 5.74) is 5.15. The minimum Gasteiger partial charge on any atom is -0.345 e. The lowest BCUT2D eigenvalue weighted by Crippen LogP contribution is -2.43. The Morgan fingerprint density at radius 1 is 1.08 bits per heavy atom. The maximum Gasteiger partial charge on any atom is 0.252 e. The number of nitrogens with one attached hydrogen (secondary N) is 3. The summed E-state index contributed by atoms with van der Waals surface area (Å²) in [6.45, 7) is 4.77. The molecule has 0 aliphatic carbocycles. The van der Waals surface area contributed by atoms with Gasteiger partial charge in [0.1, 0.15) is 0 Å². The molecule has 0 saturated carbocycles. The van der Waals surface area contributed by atoms with Crippen LogP contribution in [0.25, 0.3) is 21.9 Å². The minimum absolute atomic E-state index is 0.0537. The second kappa shape index (κ2) is 10.6. The molecule has 4 aromatic rings. The van der Waals surface area contributed by atoms with Crippen molar-refractivity contribution in [1.29, 1.82) is 0 Å². The van der Waals surface area contributed by atoms with E-state index in [0.29, 0.717) is 11.3 Å². The van der Waals surface area contributed by atoms with Crippen molar-refractivity contribution in [2.75, 3.05) is 11.9 Å². The predicted molar refractivity (Wildman–Crippen MR) is 147 cm³/mol. The second-order valence-corrected chi connectivity index (χ2v) is 9.91. The molecule has 0 spiro atoms. The topological polar surface area (TPSA) is 88.1 Å². The van der Waals surface area contributed by atoms with Crippen LogP contribution < -0.4 is 16.0 Å². The fourth-order valence-corrected chi connectivity index (χ4v) is 5.04. The zero-order chi connectivity index (χ0) is 25.9. The molecule has 2 amide bonds. The molecular weight excluding hydrogens is 462 g/mol. The number of hydrogen-bond donors (Lipinski definition) is 3. The number of carbonyl (C=O) groups is 2. The van der Waals surface area contributed by atoms with Gasteiger partial charge in [0.25, 0.3) is 5.91 Å². The summed E-state index contributed by atoms with van der Waals surface area (Å²) < 4.78 is 1.79. The van der Waals surface area contributed by atoms with Gasteiger partial charge in [0.2, 0.25) is 5.91 Å². The monoisotopic (exact) mass is 495 g/mol. The lowest BCUT2D eigenvalue weighted by Gasteiger charge is -2.23. The Labute approximate surface area is 217 Å². The molecule has 1 aliphatic rings. The quantitative estimate of drug-likeness (QED) is 0.346. The van der Waals surface area contributed by atoms with Crippen LogP contribution in [-0.2, 0) is 11.8 Å². The standard InChI is InChI=1S/C30H33N5O2/c1-19-11-12-24(34-30(37)28-10-6-7-13-31-28)16-26(19)29(36)33-20(2)27-15-22(23-17-32-35(3)18-23)14-21-8-4-5-9-25(21)27/h4-5,8-9,11-12,14-18,20,28,31H,6-7,10,13H2,1-3H3,(H,33,36)(H,34,37)/t20-,28?/m1/s1. The van der Waals surface area contributed by atoms with Crippen LogP contribution in [0.1, 0.15) is 53.7 Å². The van der Waals surface area contributed by atoms with E-state index in [1.807, 2.05) is 57.6 Å². The van der Waals surface area contributed by atoms with Crippen LogP contribution in [0.5, 0.6) is 0 Å². The summed E-state index contributed by atoms with van der Waals surface area (Å²) in [5.74, 6) is -0.227. The molecule has 0 bridgehead atoms. The number of aromatic nitrogens is 2. The lowest BCUT2D eigenvalue weighted by atomic mass is 9.94. The average Bonchev–Trinajstić information content (AvgIpc) is 3.35. The van der Waals surface area contributed by atoms with Gasteiger partial charge in [-0.1, -0.05) is 36.8 Å². The molecule has 1 unspecified atom stereocenters. The van der Waals surface area contributed by atoms with Crippen LogP contribution in [0.15, 0.2) is 67.0 Å². The molecule has 190 valence electrons. The van der Waals surface area contributed by atoms with Crippen molar-refractivity contribution in [3.8, 4) is 11.1 Å². The Kier molecular flexibility index (Phi) is 7.06. The predicted octanol–water partition coefficient (Wildman–Crippen LogP) is 5.12. The number of rotatable bonds is 6. The Morgan fingerprint density at radius 3 is 2.68 bits per heavy atom. The number of aryl methyl sites for hydroxylation is 2. The molecule has 2 atom stereocenters. The van der Waals surface area contributed by atoms with Crippen LogP contribution >= 0.6 is 0 Å². The highest BCUT2D eigenvalue weighted by Gasteiger charge is 2.22. The van der Waals surface area contributed by atoms with E-state index in [4.69, 9.17) is 0 Å². The van der Waals surface area contributed by atoms with E-state index in [2.05, 4.69) is 45.3 Å². The van der Waals surface area contributed by atoms with Gasteiger partial charge in [-0.2, -0.15) is 5.10 Å². The number of hydrogen-bond acceptors (Lipinski definition) is 4. The lowest BCUT2D eigenvalue weighted by molar-refractivity contribution is -0.118. The van der Waals surface area contributed by atoms with E-state index in [9.17, 15) is 9.59 Å². The maximum absolute atomic E-state index is 13.4. The maximum atomic E-state index is 13.4. The summed E-state index contributed by atoms with van der Waals surface area (Å²) >= 11 is 0. The van der Waals surface area contributed by atoms with Gasteiger partial charge < -0.3 is 16.0 Å². The third-order valence-corrected chi connectivity index (χ3v) is 7.12. The molecule has 3 N–H and O–H groups in total. The third kappa shape index (κ3) is 5.42. The second-order valence-electron chi connectivity index (χ2n) is 9.91. The number of amides is 2. The zero-order valence-electron chi connectivity index (χ0n) is 21.5. The number of benzene rings is 3. The van der Waals surface area contributed by atoms with Gasteiger partial charge in [-0.15, -0.1) is 0 Å². The largest absolute Gasteiger partial charge is 0.345 e. The van der Waals surface area contributed by atoms with Crippen LogP contribution in [0.3, 0.4) is 0 Å². The number of piperidine rings is 1. The van der Waals surface area contributed by atoms with Crippen LogP contribution in [0.4, 0.5) is 5.69 Å². The van der Waals surface area contributed by atoms with E-state index >= 15 is 0 Å². The number of nitrogens with zero attached hydrogens (tertiary/aromatic N) is 2. The summed E-state index contributed by atoms with van der Waals surface area (Å²) in [6.07, 6.45) is 6.80. The van der Waals surface area contributed by atoms with E-state index in [1.165, 1.54) is 0 Å². The van der Waals surface area contributed by atoms with Crippen molar-refractivity contribution in [3.63, 3.8) is 0 Å². The third-order valence-electron chi connectivity index (χ3n) is 7.12. The van der Waals surface area contributed by atoms with Gasteiger partial charge in [0, 0.05) is 30.1 Å². The highest BCUT2D eigenvalue weighted by Crippen LogP contribution is 2.31. The normalized spacial score (nSPS) is 16.4. The van der Waals surface area contributed by atoms with Gasteiger partial charge in [-0.25, -0.2) is 0 Å². The van der Waals surface area contributed by atoms with Gasteiger partial charge in [0.15, 0.2) is 0 Å². The van der Waals surface area contributed by atoms with Crippen molar-refractivity contribution >= 4 is 28.3 Å². The van der Waals surface area contributed by atoms with Crippen LogP contribution in [0.2, 0.25) is 0 Å². The molecule has 7 nitrogen and oxygen atoms in total. The molecule has 1 aromatic heterocycles. The van der Waals surface area contributed by atoms with Crippen LogP contribution in [-0.4, -0.2) is 34.2 Å². The van der Waals surface area contributed by atoms with E-state index in [0.717, 1.165) is 58.8 Å². The van der Waals surface area contributed by atoms with Crippen molar-refractivity contribution in [2.45, 2.75) is 45.2 Å². The van der Waals surface area contributed by atoms with Gasteiger partial charge in [-0.05, 0) is 85.0 Å². The Morgan fingerprint density at radius 2 is 1.92 bits per heavy atom. The fourth-order valence-electron chi connectivity index (χ4n) is 5.04. The molecular formula is C30H33N5O2. The molecule has 7 heteroatoms. The molecule has 3 aromatic carbocycles. The molecule has 5 rings (SSSR count). The fraction of sp³-hybridized carbons (Fsp3) is 0.300. The first-order valence-corrected chi connectivity index (χ1v) is 12.9. The number of anilines is 1. The number of fused-ring (bicyclic) bond motifs is 1. The van der Waals surface area contributed by atoms with Crippen molar-refractivity contribution in [3.05, 3.63) is 83.7 Å². The summed E-state index contributed by atoms with van der Waals surface area (Å²) in [4.78, 5) is 26.1. The molecule has 0 radical (unpaired) electrons. The number of carbonyl (C=O) groups excluding carboxylic acids is 2. The molecule has 1 aliphatic heterocycles.